The molecule has 2 atom stereocenters. The van der Waals surface area contributed by atoms with Crippen LogP contribution in [0.5, 0.6) is 0 Å². The second-order valence-corrected chi connectivity index (χ2v) is 3.94. The Balaban J connectivity index is 2.00. The third-order valence-electron chi connectivity index (χ3n) is 3.26. The quantitative estimate of drug-likeness (QED) is 0.610. The van der Waals surface area contributed by atoms with E-state index in [9.17, 15) is 0 Å². The van der Waals surface area contributed by atoms with E-state index in [4.69, 9.17) is 4.74 Å². The van der Waals surface area contributed by atoms with Gasteiger partial charge in [0.15, 0.2) is 0 Å². The molecule has 1 heteroatoms. The molecule has 1 aromatic rings. The molecule has 0 spiro atoms. The fourth-order valence-electron chi connectivity index (χ4n) is 2.37. The Labute approximate surface area is 72.4 Å². The number of rotatable bonds is 1. The average Bonchev–Trinajstić information content (AvgIpc) is 2.72. The van der Waals surface area contributed by atoms with Crippen LogP contribution < -0.4 is 0 Å². The van der Waals surface area contributed by atoms with Gasteiger partial charge in [-0.05, 0) is 17.9 Å². The zero-order valence-corrected chi connectivity index (χ0v) is 6.99. The average molecular weight is 160 g/mol. The zero-order chi connectivity index (χ0) is 8.02. The maximum absolute atomic E-state index is 5.46. The van der Waals surface area contributed by atoms with Crippen LogP contribution in [-0.4, -0.2) is 13.2 Å². The summed E-state index contributed by atoms with van der Waals surface area (Å²) < 4.78 is 5.46. The van der Waals surface area contributed by atoms with E-state index in [2.05, 4.69) is 30.3 Å². The van der Waals surface area contributed by atoms with Gasteiger partial charge < -0.3 is 4.74 Å². The highest BCUT2D eigenvalue weighted by Crippen LogP contribution is 2.57. The van der Waals surface area contributed by atoms with Crippen molar-refractivity contribution >= 4 is 0 Å². The van der Waals surface area contributed by atoms with Crippen LogP contribution in [0.25, 0.3) is 0 Å². The van der Waals surface area contributed by atoms with Crippen LogP contribution in [0, 0.1) is 5.92 Å². The van der Waals surface area contributed by atoms with Crippen molar-refractivity contribution in [1.29, 1.82) is 0 Å². The summed E-state index contributed by atoms with van der Waals surface area (Å²) in [5.74, 6) is 0.819. The van der Waals surface area contributed by atoms with E-state index in [1.807, 2.05) is 0 Å². The molecular formula is C11H12O. The molecule has 1 heterocycles. The Bertz CT molecular complexity index is 293. The predicted molar refractivity (Wildman–Crippen MR) is 47.0 cm³/mol. The Kier molecular flexibility index (Phi) is 1.17. The molecule has 0 amide bonds. The first-order chi connectivity index (χ1) is 5.92. The number of hydrogen-bond acceptors (Lipinski definition) is 1. The maximum atomic E-state index is 5.46. The molecule has 12 heavy (non-hydrogen) atoms. The monoisotopic (exact) mass is 160 g/mol. The molecular weight excluding hydrogens is 148 g/mol. The lowest BCUT2D eigenvalue weighted by Gasteiger charge is -2.10. The zero-order valence-electron chi connectivity index (χ0n) is 6.99. The lowest BCUT2D eigenvalue weighted by atomic mass is 9.96. The van der Waals surface area contributed by atoms with Crippen LogP contribution in [0.1, 0.15) is 12.0 Å². The summed E-state index contributed by atoms with van der Waals surface area (Å²) in [5, 5.41) is 0. The van der Waals surface area contributed by atoms with Gasteiger partial charge in [-0.15, -0.1) is 0 Å². The first-order valence-corrected chi connectivity index (χ1v) is 4.55. The Hall–Kier alpha value is -0.820. The summed E-state index contributed by atoms with van der Waals surface area (Å²) in [6.07, 6.45) is 1.34. The van der Waals surface area contributed by atoms with Gasteiger partial charge in [-0.1, -0.05) is 30.3 Å². The van der Waals surface area contributed by atoms with E-state index in [0.717, 1.165) is 19.1 Å². The Morgan fingerprint density at radius 1 is 1.25 bits per heavy atom. The predicted octanol–water partition coefficient (Wildman–Crippen LogP) is 1.97. The standard InChI is InChI=1S/C11H12O/c1-2-4-9(5-3-1)11-6-10(11)7-12-8-11/h1-5,10H,6-8H2. The van der Waals surface area contributed by atoms with Gasteiger partial charge >= 0.3 is 0 Å². The number of fused-ring (bicyclic) bond motifs is 1. The van der Waals surface area contributed by atoms with Gasteiger partial charge in [-0.3, -0.25) is 0 Å². The molecule has 2 aliphatic rings. The summed E-state index contributed by atoms with van der Waals surface area (Å²) in [5.41, 5.74) is 1.91. The molecule has 1 nitrogen and oxygen atoms in total. The lowest BCUT2D eigenvalue weighted by Crippen LogP contribution is -2.10. The Morgan fingerprint density at radius 3 is 2.67 bits per heavy atom. The summed E-state index contributed by atoms with van der Waals surface area (Å²) in [6.45, 7) is 1.93. The number of benzene rings is 1. The van der Waals surface area contributed by atoms with Crippen molar-refractivity contribution in [2.45, 2.75) is 11.8 Å². The van der Waals surface area contributed by atoms with E-state index in [-0.39, 0.29) is 0 Å². The van der Waals surface area contributed by atoms with Gasteiger partial charge in [-0.25, -0.2) is 0 Å². The molecule has 1 saturated carbocycles. The first-order valence-electron chi connectivity index (χ1n) is 4.55. The summed E-state index contributed by atoms with van der Waals surface area (Å²) in [7, 11) is 0. The second kappa shape index (κ2) is 2.11. The normalized spacial score (nSPS) is 37.8. The number of hydrogen-bond donors (Lipinski definition) is 0. The minimum Gasteiger partial charge on any atom is -0.380 e. The molecule has 0 radical (unpaired) electrons. The molecule has 3 rings (SSSR count). The van der Waals surface area contributed by atoms with Gasteiger partial charge in [0.1, 0.15) is 0 Å². The molecule has 2 fully saturated rings. The van der Waals surface area contributed by atoms with E-state index < -0.39 is 0 Å². The van der Waals surface area contributed by atoms with Crippen LogP contribution in [0.4, 0.5) is 0 Å². The maximum Gasteiger partial charge on any atom is 0.0566 e. The molecule has 0 bridgehead atoms. The van der Waals surface area contributed by atoms with Crippen molar-refractivity contribution in [3.05, 3.63) is 35.9 Å². The van der Waals surface area contributed by atoms with E-state index >= 15 is 0 Å². The van der Waals surface area contributed by atoms with Crippen molar-refractivity contribution in [2.75, 3.05) is 13.2 Å². The summed E-state index contributed by atoms with van der Waals surface area (Å²) in [4.78, 5) is 0. The highest BCUT2D eigenvalue weighted by Gasteiger charge is 2.59. The van der Waals surface area contributed by atoms with Gasteiger partial charge in [-0.2, -0.15) is 0 Å². The van der Waals surface area contributed by atoms with Crippen molar-refractivity contribution in [1.82, 2.24) is 0 Å². The van der Waals surface area contributed by atoms with Crippen molar-refractivity contribution < 1.29 is 4.74 Å². The van der Waals surface area contributed by atoms with Crippen LogP contribution in [0.2, 0.25) is 0 Å². The molecule has 0 aromatic heterocycles. The van der Waals surface area contributed by atoms with Crippen LogP contribution in [0.15, 0.2) is 30.3 Å². The van der Waals surface area contributed by atoms with E-state index in [1.165, 1.54) is 12.0 Å². The summed E-state index contributed by atoms with van der Waals surface area (Å²) in [6, 6.07) is 10.8. The minimum atomic E-state index is 0.432. The van der Waals surface area contributed by atoms with E-state index in [0.29, 0.717) is 5.41 Å². The largest absolute Gasteiger partial charge is 0.380 e. The van der Waals surface area contributed by atoms with Gasteiger partial charge in [0.25, 0.3) is 0 Å². The fourth-order valence-corrected chi connectivity index (χ4v) is 2.37. The smallest absolute Gasteiger partial charge is 0.0566 e. The second-order valence-electron chi connectivity index (χ2n) is 3.94. The number of ether oxygens (including phenoxy) is 1. The van der Waals surface area contributed by atoms with Crippen LogP contribution in [0.3, 0.4) is 0 Å². The van der Waals surface area contributed by atoms with E-state index in [1.54, 1.807) is 0 Å². The van der Waals surface area contributed by atoms with Gasteiger partial charge in [0, 0.05) is 5.41 Å². The first kappa shape index (κ1) is 6.67. The fraction of sp³-hybridized carbons (Fsp3) is 0.455. The minimum absolute atomic E-state index is 0.432. The third-order valence-corrected chi connectivity index (χ3v) is 3.26. The third kappa shape index (κ3) is 0.721. The SMILES string of the molecule is c1ccc(C23COCC2C3)cc1. The van der Waals surface area contributed by atoms with Crippen molar-refractivity contribution in [3.63, 3.8) is 0 Å². The molecule has 1 aliphatic carbocycles. The molecule has 0 N–H and O–H groups in total. The van der Waals surface area contributed by atoms with Crippen molar-refractivity contribution in [2.24, 2.45) is 5.92 Å². The van der Waals surface area contributed by atoms with Crippen LogP contribution >= 0.6 is 0 Å². The molecule has 1 aliphatic heterocycles. The van der Waals surface area contributed by atoms with Gasteiger partial charge in [0.05, 0.1) is 13.2 Å². The highest BCUT2D eigenvalue weighted by atomic mass is 16.5. The molecule has 2 unspecified atom stereocenters. The van der Waals surface area contributed by atoms with Crippen LogP contribution in [-0.2, 0) is 10.2 Å². The molecule has 62 valence electrons. The topological polar surface area (TPSA) is 9.23 Å². The van der Waals surface area contributed by atoms with Crippen molar-refractivity contribution in [3.8, 4) is 0 Å². The Morgan fingerprint density at radius 2 is 2.08 bits per heavy atom. The lowest BCUT2D eigenvalue weighted by molar-refractivity contribution is 0.160. The molecule has 1 saturated heterocycles. The summed E-state index contributed by atoms with van der Waals surface area (Å²) >= 11 is 0. The van der Waals surface area contributed by atoms with Gasteiger partial charge in [0.2, 0.25) is 0 Å². The molecule has 1 aromatic carbocycles. The highest BCUT2D eigenvalue weighted by molar-refractivity contribution is 5.35.